The summed E-state index contributed by atoms with van der Waals surface area (Å²) in [5.41, 5.74) is 0. The molecule has 0 saturated heterocycles. The summed E-state index contributed by atoms with van der Waals surface area (Å²) < 4.78 is 0. The number of rotatable bonds is 6. The van der Waals surface area contributed by atoms with Crippen molar-refractivity contribution in [1.29, 1.82) is 0 Å². The van der Waals surface area contributed by atoms with Crippen LogP contribution in [0.15, 0.2) is 0 Å². The van der Waals surface area contributed by atoms with Gasteiger partial charge in [-0.3, -0.25) is 4.90 Å². The van der Waals surface area contributed by atoms with Crippen molar-refractivity contribution >= 4 is 17.4 Å². The van der Waals surface area contributed by atoms with Crippen LogP contribution >= 0.6 is 0 Å². The second kappa shape index (κ2) is 28.2. The molecule has 0 atom stereocenters. The number of aliphatic hydroxyl groups excluding tert-OH is 3. The van der Waals surface area contributed by atoms with Gasteiger partial charge in [-0.05, 0) is 0 Å². The smallest absolute Gasteiger partial charge is 0.395 e. The predicted octanol–water partition coefficient (Wildman–Crippen LogP) is -2.83. The zero-order valence-electron chi connectivity index (χ0n) is 11.6. The molecule has 0 aromatic carbocycles. The van der Waals surface area contributed by atoms with E-state index in [0.29, 0.717) is 19.6 Å². The van der Waals surface area contributed by atoms with Gasteiger partial charge in [-0.25, -0.2) is 0 Å². The average Bonchev–Trinajstić information content (AvgIpc) is 2.27. The van der Waals surface area contributed by atoms with E-state index in [4.69, 9.17) is 61.3 Å². The second-order valence-corrected chi connectivity index (χ2v) is 2.68. The molecule has 17 heteroatoms. The Morgan fingerprint density at radius 2 is 0.739 bits per heavy atom. The van der Waals surface area contributed by atoms with Gasteiger partial charge in [-0.15, -0.1) is 0 Å². The summed E-state index contributed by atoms with van der Waals surface area (Å²) in [5, 5.41) is 69.7. The standard InChI is InChI=1S/C6H15NO3.Al.3NO3/c8-4-1-7(2-5-9)3-6-10;;3*2-1(3)4/h8-10H,1-6H2;;;;/q;+3;3*-1. The van der Waals surface area contributed by atoms with Crippen LogP contribution in [0, 0.1) is 46.0 Å². The molecule has 0 aliphatic heterocycles. The van der Waals surface area contributed by atoms with Gasteiger partial charge in [0.15, 0.2) is 0 Å². The van der Waals surface area contributed by atoms with Gasteiger partial charge >= 0.3 is 17.4 Å². The molecular formula is C6H15AlN4O12. The van der Waals surface area contributed by atoms with Gasteiger partial charge in [-0.1, -0.05) is 0 Å². The van der Waals surface area contributed by atoms with Gasteiger partial charge in [0.05, 0.1) is 35.1 Å². The summed E-state index contributed by atoms with van der Waals surface area (Å²) in [6.07, 6.45) is 0. The molecule has 23 heavy (non-hydrogen) atoms. The molecule has 0 amide bonds. The largest absolute Gasteiger partial charge is 3.00 e. The Bertz CT molecular complexity index is 227. The Morgan fingerprint density at radius 1 is 0.609 bits per heavy atom. The van der Waals surface area contributed by atoms with E-state index < -0.39 is 15.3 Å². The van der Waals surface area contributed by atoms with Gasteiger partial charge in [0, 0.05) is 19.6 Å². The summed E-state index contributed by atoms with van der Waals surface area (Å²) in [6.45, 7) is 1.75. The molecule has 0 aliphatic carbocycles. The Labute approximate surface area is 139 Å². The third kappa shape index (κ3) is 133. The van der Waals surface area contributed by atoms with Crippen molar-refractivity contribution in [1.82, 2.24) is 4.90 Å². The molecular weight excluding hydrogens is 347 g/mol. The molecule has 3 N–H and O–H groups in total. The first-order valence-corrected chi connectivity index (χ1v) is 5.04. The third-order valence-electron chi connectivity index (χ3n) is 1.25. The van der Waals surface area contributed by atoms with Crippen LogP contribution in [0.5, 0.6) is 0 Å². The van der Waals surface area contributed by atoms with E-state index in [9.17, 15) is 0 Å². The maximum atomic E-state index is 8.48. The fraction of sp³-hybridized carbons (Fsp3) is 1.00. The van der Waals surface area contributed by atoms with Gasteiger partial charge in [0.25, 0.3) is 0 Å². The Hall–Kier alpha value is -2.03. The van der Waals surface area contributed by atoms with Gasteiger partial charge in [0.2, 0.25) is 0 Å². The van der Waals surface area contributed by atoms with Crippen LogP contribution in [0.25, 0.3) is 0 Å². The minimum Gasteiger partial charge on any atom is -0.395 e. The van der Waals surface area contributed by atoms with E-state index in [2.05, 4.69) is 0 Å². The first-order valence-electron chi connectivity index (χ1n) is 5.04. The first kappa shape index (κ1) is 32.8. The van der Waals surface area contributed by atoms with Crippen molar-refractivity contribution in [3.63, 3.8) is 0 Å². The van der Waals surface area contributed by atoms with Gasteiger partial charge in [0.1, 0.15) is 0 Å². The topological polar surface area (TPSA) is 263 Å². The van der Waals surface area contributed by atoms with Crippen molar-refractivity contribution in [2.45, 2.75) is 0 Å². The first-order chi connectivity index (χ1) is 10.0. The van der Waals surface area contributed by atoms with Crippen molar-refractivity contribution in [2.24, 2.45) is 0 Å². The van der Waals surface area contributed by atoms with Gasteiger partial charge < -0.3 is 61.3 Å². The van der Waals surface area contributed by atoms with Crippen molar-refractivity contribution in [3.05, 3.63) is 46.0 Å². The summed E-state index contributed by atoms with van der Waals surface area (Å²) in [4.78, 5) is 26.5. The third-order valence-corrected chi connectivity index (χ3v) is 1.25. The van der Waals surface area contributed by atoms with E-state index in [1.165, 1.54) is 0 Å². The molecule has 0 radical (unpaired) electrons. The molecule has 0 spiro atoms. The second-order valence-electron chi connectivity index (χ2n) is 2.68. The van der Waals surface area contributed by atoms with Crippen molar-refractivity contribution < 1.29 is 30.6 Å². The van der Waals surface area contributed by atoms with Crippen molar-refractivity contribution in [2.75, 3.05) is 39.5 Å². The summed E-state index contributed by atoms with van der Waals surface area (Å²) >= 11 is 0. The summed E-state index contributed by atoms with van der Waals surface area (Å²) in [7, 11) is 0. The summed E-state index contributed by atoms with van der Waals surface area (Å²) in [6, 6.07) is 0. The molecule has 0 unspecified atom stereocenters. The molecule has 0 heterocycles. The van der Waals surface area contributed by atoms with Gasteiger partial charge in [-0.2, -0.15) is 0 Å². The van der Waals surface area contributed by atoms with Crippen LogP contribution in [0.1, 0.15) is 0 Å². The quantitative estimate of drug-likeness (QED) is 0.244. The molecule has 134 valence electrons. The minimum atomic E-state index is -1.75. The van der Waals surface area contributed by atoms with Crippen LogP contribution in [0.4, 0.5) is 0 Å². The Kier molecular flexibility index (Phi) is 40.2. The molecule has 16 nitrogen and oxygen atoms in total. The predicted molar refractivity (Wildman–Crippen MR) is 74.5 cm³/mol. The number of aliphatic hydroxyl groups is 3. The molecule has 0 bridgehead atoms. The van der Waals surface area contributed by atoms with E-state index in [-0.39, 0.29) is 37.2 Å². The normalized spacial score (nSPS) is 7.83. The SMILES string of the molecule is O=[N+]([O-])[O-].O=[N+]([O-])[O-].O=[N+]([O-])[O-].OCCN(CCO)CCO.[Al+3]. The van der Waals surface area contributed by atoms with E-state index in [0.717, 1.165) is 0 Å². The molecule has 0 rings (SSSR count). The zero-order valence-corrected chi connectivity index (χ0v) is 12.8. The van der Waals surface area contributed by atoms with Crippen molar-refractivity contribution in [3.8, 4) is 0 Å². The van der Waals surface area contributed by atoms with Crippen LogP contribution in [0.2, 0.25) is 0 Å². The fourth-order valence-electron chi connectivity index (χ4n) is 0.760. The average molecular weight is 362 g/mol. The van der Waals surface area contributed by atoms with Crippen LogP contribution in [0.3, 0.4) is 0 Å². The van der Waals surface area contributed by atoms with E-state index >= 15 is 0 Å². The van der Waals surface area contributed by atoms with E-state index in [1.54, 1.807) is 4.90 Å². The molecule has 0 aliphatic rings. The molecule has 0 saturated carbocycles. The number of hydrogen-bond acceptors (Lipinski definition) is 13. The van der Waals surface area contributed by atoms with Crippen LogP contribution < -0.4 is 0 Å². The summed E-state index contributed by atoms with van der Waals surface area (Å²) in [5.74, 6) is 0. The molecule has 0 aromatic heterocycles. The van der Waals surface area contributed by atoms with E-state index in [1.807, 2.05) is 0 Å². The Morgan fingerprint density at radius 3 is 0.826 bits per heavy atom. The number of hydrogen-bond donors (Lipinski definition) is 3. The fourth-order valence-corrected chi connectivity index (χ4v) is 0.760. The molecule has 0 fully saturated rings. The molecule has 0 aromatic rings. The monoisotopic (exact) mass is 362 g/mol. The Balaban J connectivity index is -0.0000000700. The van der Waals surface area contributed by atoms with Crippen LogP contribution in [-0.4, -0.2) is 92.3 Å². The minimum absolute atomic E-state index is 0. The van der Waals surface area contributed by atoms with Crippen LogP contribution in [-0.2, 0) is 0 Å². The maximum absolute atomic E-state index is 8.48. The zero-order chi connectivity index (χ0) is 18.6. The maximum Gasteiger partial charge on any atom is 3.00 e. The number of nitrogens with zero attached hydrogens (tertiary/aromatic N) is 4.